The lowest BCUT2D eigenvalue weighted by atomic mass is 10.1. The molecule has 0 radical (unpaired) electrons. The number of nitrogens with zero attached hydrogens (tertiary/aromatic N) is 4. The number of hydrogen-bond donors (Lipinski definition) is 1. The second-order valence-corrected chi connectivity index (χ2v) is 5.60. The van der Waals surface area contributed by atoms with E-state index in [1.54, 1.807) is 13.8 Å². The van der Waals surface area contributed by atoms with Gasteiger partial charge in [-0.2, -0.15) is 10.2 Å². The Kier molecular flexibility index (Phi) is 5.21. The highest BCUT2D eigenvalue weighted by atomic mass is 19.1. The molecule has 2 aromatic heterocycles. The topological polar surface area (TPSA) is 85.7 Å². The van der Waals surface area contributed by atoms with Crippen molar-refractivity contribution in [1.82, 2.24) is 25.0 Å². The number of nitrogens with one attached hydrogen (secondary N) is 1. The molecule has 0 aliphatic heterocycles. The Morgan fingerprint density at radius 3 is 2.96 bits per heavy atom. The average Bonchev–Trinajstić information content (AvgIpc) is 3.17. The van der Waals surface area contributed by atoms with Crippen molar-refractivity contribution in [2.75, 3.05) is 0 Å². The van der Waals surface area contributed by atoms with Gasteiger partial charge in [0.05, 0.1) is 6.07 Å². The van der Waals surface area contributed by atoms with Crippen molar-refractivity contribution in [3.05, 3.63) is 64.7 Å². The molecular formula is C18H18FN5O2. The van der Waals surface area contributed by atoms with Crippen LogP contribution in [0.2, 0.25) is 0 Å². The van der Waals surface area contributed by atoms with Gasteiger partial charge in [-0.05, 0) is 32.4 Å². The number of ether oxygens (including phenoxy) is 1. The standard InChI is InChI=1S/C18H18FN5O2/c1-3-13(19)9-12(2)24-16(25)10-15(26-14-7-5-4-6-8-14)17(23-24)18-20-11-21-22-18/h3-5,7,9-11H,6,8H2,1-2H3,(H,20,21,22)/b12-9+,13-3+. The van der Waals surface area contributed by atoms with E-state index in [1.807, 2.05) is 18.2 Å². The molecule has 3 rings (SSSR count). The van der Waals surface area contributed by atoms with E-state index in [-0.39, 0.29) is 5.75 Å². The van der Waals surface area contributed by atoms with Crippen LogP contribution in [0.3, 0.4) is 0 Å². The van der Waals surface area contributed by atoms with Crippen LogP contribution < -0.4 is 10.3 Å². The van der Waals surface area contributed by atoms with E-state index in [1.165, 1.54) is 24.5 Å². The van der Waals surface area contributed by atoms with Crippen molar-refractivity contribution in [1.29, 1.82) is 0 Å². The SMILES string of the molecule is C/C=C(F)\C=C(/C)n1nc(-c2ncn[nH]2)c(OC2=CC=CCC2)cc1=O. The van der Waals surface area contributed by atoms with Gasteiger partial charge in [0.15, 0.2) is 17.3 Å². The van der Waals surface area contributed by atoms with E-state index in [4.69, 9.17) is 4.74 Å². The Bertz CT molecular complexity index is 968. The predicted molar refractivity (Wildman–Crippen MR) is 95.8 cm³/mol. The molecule has 26 heavy (non-hydrogen) atoms. The van der Waals surface area contributed by atoms with Crippen molar-refractivity contribution < 1.29 is 9.13 Å². The molecule has 1 aliphatic carbocycles. The summed E-state index contributed by atoms with van der Waals surface area (Å²) in [5.41, 5.74) is 0.205. The van der Waals surface area contributed by atoms with E-state index >= 15 is 0 Å². The van der Waals surface area contributed by atoms with Crippen molar-refractivity contribution in [2.24, 2.45) is 0 Å². The van der Waals surface area contributed by atoms with E-state index in [9.17, 15) is 9.18 Å². The average molecular weight is 355 g/mol. The van der Waals surface area contributed by atoms with E-state index in [0.29, 0.717) is 17.2 Å². The summed E-state index contributed by atoms with van der Waals surface area (Å²) in [6.45, 7) is 3.16. The second-order valence-electron chi connectivity index (χ2n) is 5.60. The molecule has 0 amide bonds. The number of aromatic amines is 1. The molecule has 0 aromatic carbocycles. The minimum absolute atomic E-state index is 0.267. The molecule has 0 saturated carbocycles. The summed E-state index contributed by atoms with van der Waals surface area (Å²) < 4.78 is 20.5. The molecule has 0 bridgehead atoms. The molecule has 1 N–H and O–H groups in total. The number of halogens is 1. The largest absolute Gasteiger partial charge is 0.459 e. The van der Waals surface area contributed by atoms with E-state index < -0.39 is 11.4 Å². The van der Waals surface area contributed by atoms with Crippen molar-refractivity contribution in [3.63, 3.8) is 0 Å². The van der Waals surface area contributed by atoms with Crippen LogP contribution >= 0.6 is 0 Å². The minimum atomic E-state index is -0.461. The minimum Gasteiger partial charge on any atom is -0.459 e. The van der Waals surface area contributed by atoms with E-state index in [2.05, 4.69) is 20.3 Å². The van der Waals surface area contributed by atoms with Crippen molar-refractivity contribution >= 4 is 5.70 Å². The van der Waals surface area contributed by atoms with Gasteiger partial charge < -0.3 is 4.74 Å². The fraction of sp³-hybridized carbons (Fsp3) is 0.222. The zero-order chi connectivity index (χ0) is 18.5. The second kappa shape index (κ2) is 7.73. The zero-order valence-electron chi connectivity index (χ0n) is 14.4. The molecule has 1 aliphatic rings. The Balaban J connectivity index is 2.09. The summed E-state index contributed by atoms with van der Waals surface area (Å²) >= 11 is 0. The third kappa shape index (κ3) is 3.85. The Morgan fingerprint density at radius 2 is 2.31 bits per heavy atom. The van der Waals surface area contributed by atoms with Gasteiger partial charge in [0.25, 0.3) is 5.56 Å². The lowest BCUT2D eigenvalue weighted by Crippen LogP contribution is -2.22. The first-order valence-electron chi connectivity index (χ1n) is 8.12. The smallest absolute Gasteiger partial charge is 0.274 e. The number of allylic oxidation sites excluding steroid dienone is 8. The highest BCUT2D eigenvalue weighted by Gasteiger charge is 2.17. The lowest BCUT2D eigenvalue weighted by molar-refractivity contribution is 0.400. The van der Waals surface area contributed by atoms with Gasteiger partial charge in [-0.3, -0.25) is 9.89 Å². The van der Waals surface area contributed by atoms with Crippen molar-refractivity contribution in [3.8, 4) is 17.3 Å². The van der Waals surface area contributed by atoms with Crippen LogP contribution in [-0.4, -0.2) is 25.0 Å². The van der Waals surface area contributed by atoms with Crippen LogP contribution in [0.4, 0.5) is 4.39 Å². The maximum Gasteiger partial charge on any atom is 0.274 e. The number of aromatic nitrogens is 5. The molecule has 134 valence electrons. The first kappa shape index (κ1) is 17.5. The first-order valence-corrected chi connectivity index (χ1v) is 8.12. The van der Waals surface area contributed by atoms with Gasteiger partial charge >= 0.3 is 0 Å². The fourth-order valence-corrected chi connectivity index (χ4v) is 2.41. The molecule has 0 atom stereocenters. The van der Waals surface area contributed by atoms with Crippen LogP contribution in [0.5, 0.6) is 5.75 Å². The normalized spacial score (nSPS) is 15.1. The molecule has 0 unspecified atom stereocenters. The maximum absolute atomic E-state index is 13.5. The molecule has 0 spiro atoms. The first-order chi connectivity index (χ1) is 12.6. The fourth-order valence-electron chi connectivity index (χ4n) is 2.41. The number of rotatable bonds is 5. The van der Waals surface area contributed by atoms with Crippen LogP contribution in [-0.2, 0) is 0 Å². The quantitative estimate of drug-likeness (QED) is 0.831. The van der Waals surface area contributed by atoms with Gasteiger partial charge in [0, 0.05) is 12.1 Å². The molecule has 7 nitrogen and oxygen atoms in total. The monoisotopic (exact) mass is 355 g/mol. The third-order valence-corrected chi connectivity index (χ3v) is 3.71. The summed E-state index contributed by atoms with van der Waals surface area (Å²) in [6, 6.07) is 1.31. The van der Waals surface area contributed by atoms with Gasteiger partial charge in [0.1, 0.15) is 17.9 Å². The molecule has 0 saturated heterocycles. The Labute approximate surface area is 149 Å². The van der Waals surface area contributed by atoms with Gasteiger partial charge in [-0.25, -0.2) is 14.1 Å². The molecule has 2 aromatic rings. The molecule has 2 heterocycles. The summed E-state index contributed by atoms with van der Waals surface area (Å²) in [5, 5.41) is 10.8. The summed E-state index contributed by atoms with van der Waals surface area (Å²) in [4.78, 5) is 16.6. The molecule has 0 fully saturated rings. The van der Waals surface area contributed by atoms with Gasteiger partial charge in [-0.1, -0.05) is 18.2 Å². The van der Waals surface area contributed by atoms with Crippen LogP contribution in [0, 0.1) is 0 Å². The lowest BCUT2D eigenvalue weighted by Gasteiger charge is -2.14. The Hall–Kier alpha value is -3.29. The number of H-pyrrole nitrogens is 1. The summed E-state index contributed by atoms with van der Waals surface area (Å²) in [6.07, 6.45) is 11.2. The van der Waals surface area contributed by atoms with Gasteiger partial charge in [0.2, 0.25) is 0 Å². The van der Waals surface area contributed by atoms with Gasteiger partial charge in [-0.15, -0.1) is 0 Å². The van der Waals surface area contributed by atoms with E-state index in [0.717, 1.165) is 23.3 Å². The summed E-state index contributed by atoms with van der Waals surface area (Å²) in [5.74, 6) is 0.875. The Morgan fingerprint density at radius 1 is 1.46 bits per heavy atom. The van der Waals surface area contributed by atoms with Crippen LogP contribution in [0.25, 0.3) is 17.2 Å². The third-order valence-electron chi connectivity index (χ3n) is 3.71. The summed E-state index contributed by atoms with van der Waals surface area (Å²) in [7, 11) is 0. The maximum atomic E-state index is 13.5. The molecule has 8 heteroatoms. The number of hydrogen-bond acceptors (Lipinski definition) is 5. The zero-order valence-corrected chi connectivity index (χ0v) is 14.4. The van der Waals surface area contributed by atoms with Crippen LogP contribution in [0.15, 0.2) is 59.2 Å². The molecular weight excluding hydrogens is 337 g/mol. The highest BCUT2D eigenvalue weighted by Crippen LogP contribution is 2.27. The van der Waals surface area contributed by atoms with Crippen LogP contribution in [0.1, 0.15) is 26.7 Å². The predicted octanol–water partition coefficient (Wildman–Crippen LogP) is 3.38. The van der Waals surface area contributed by atoms with Crippen molar-refractivity contribution in [2.45, 2.75) is 26.7 Å². The highest BCUT2D eigenvalue weighted by molar-refractivity contribution is 5.59.